The highest BCUT2D eigenvalue weighted by atomic mass is 35.5. The highest BCUT2D eigenvalue weighted by molar-refractivity contribution is 6.32. The lowest BCUT2D eigenvalue weighted by Crippen LogP contribution is -2.35. The number of hydrogen-bond donors (Lipinski definition) is 1. The highest BCUT2D eigenvalue weighted by Crippen LogP contribution is 2.24. The third-order valence-electron chi connectivity index (χ3n) is 3.19. The second-order valence-electron chi connectivity index (χ2n) is 4.99. The predicted octanol–water partition coefficient (Wildman–Crippen LogP) is 3.82. The number of hydrogen-bond acceptors (Lipinski definition) is 3. The van der Waals surface area contributed by atoms with Crippen molar-refractivity contribution in [3.8, 4) is 11.5 Å². The maximum atomic E-state index is 12.1. The van der Waals surface area contributed by atoms with Crippen LogP contribution in [-0.4, -0.2) is 18.6 Å². The molecule has 0 heterocycles. The Balaban J connectivity index is 1.89. The number of benzene rings is 2. The van der Waals surface area contributed by atoms with Crippen molar-refractivity contribution in [2.75, 3.05) is 6.61 Å². The molecule has 0 aliphatic heterocycles. The minimum atomic E-state index is -0.634. The van der Waals surface area contributed by atoms with E-state index in [-0.39, 0.29) is 5.91 Å². The van der Waals surface area contributed by atoms with E-state index < -0.39 is 6.10 Å². The third-order valence-corrected chi connectivity index (χ3v) is 3.50. The second kappa shape index (κ2) is 8.44. The van der Waals surface area contributed by atoms with Crippen LogP contribution in [0.5, 0.6) is 11.5 Å². The summed E-state index contributed by atoms with van der Waals surface area (Å²) in [5.41, 5.74) is 0.967. The summed E-state index contributed by atoms with van der Waals surface area (Å²) in [7, 11) is 0. The van der Waals surface area contributed by atoms with Crippen molar-refractivity contribution in [3.63, 3.8) is 0 Å². The van der Waals surface area contributed by atoms with Crippen LogP contribution in [-0.2, 0) is 11.3 Å². The SMILES string of the molecule is CCOc1cccc(CNC(=O)C(C)Oc2ccccc2Cl)c1. The summed E-state index contributed by atoms with van der Waals surface area (Å²) in [6, 6.07) is 14.7. The van der Waals surface area contributed by atoms with Crippen molar-refractivity contribution in [2.24, 2.45) is 0 Å². The first-order valence-electron chi connectivity index (χ1n) is 7.50. The Morgan fingerprint density at radius 1 is 1.22 bits per heavy atom. The van der Waals surface area contributed by atoms with E-state index in [1.165, 1.54) is 0 Å². The lowest BCUT2D eigenvalue weighted by molar-refractivity contribution is -0.127. The molecule has 1 unspecified atom stereocenters. The van der Waals surface area contributed by atoms with E-state index in [9.17, 15) is 4.79 Å². The van der Waals surface area contributed by atoms with Crippen molar-refractivity contribution >= 4 is 17.5 Å². The van der Waals surface area contributed by atoms with Gasteiger partial charge in [0.15, 0.2) is 6.10 Å². The summed E-state index contributed by atoms with van der Waals surface area (Å²) >= 11 is 6.02. The van der Waals surface area contributed by atoms with Gasteiger partial charge >= 0.3 is 0 Å². The van der Waals surface area contributed by atoms with Crippen molar-refractivity contribution < 1.29 is 14.3 Å². The molecule has 0 aromatic heterocycles. The first-order chi connectivity index (χ1) is 11.1. The molecule has 122 valence electrons. The summed E-state index contributed by atoms with van der Waals surface area (Å²) in [5, 5.41) is 3.33. The maximum Gasteiger partial charge on any atom is 0.261 e. The number of carbonyl (C=O) groups excluding carboxylic acids is 1. The molecule has 2 aromatic rings. The van der Waals surface area contributed by atoms with Crippen LogP contribution in [0.3, 0.4) is 0 Å². The highest BCUT2D eigenvalue weighted by Gasteiger charge is 2.15. The Morgan fingerprint density at radius 2 is 2.00 bits per heavy atom. The zero-order valence-electron chi connectivity index (χ0n) is 13.2. The molecule has 4 nitrogen and oxygen atoms in total. The Kier molecular flexibility index (Phi) is 6.29. The number of para-hydroxylation sites is 1. The molecule has 2 aromatic carbocycles. The van der Waals surface area contributed by atoms with E-state index in [2.05, 4.69) is 5.32 Å². The summed E-state index contributed by atoms with van der Waals surface area (Å²) < 4.78 is 11.0. The minimum absolute atomic E-state index is 0.202. The topological polar surface area (TPSA) is 47.6 Å². The number of amides is 1. The molecule has 0 saturated carbocycles. The van der Waals surface area contributed by atoms with Crippen molar-refractivity contribution in [1.29, 1.82) is 0 Å². The van der Waals surface area contributed by atoms with E-state index in [1.54, 1.807) is 19.1 Å². The summed E-state index contributed by atoms with van der Waals surface area (Å²) in [6.45, 7) is 4.64. The summed E-state index contributed by atoms with van der Waals surface area (Å²) in [4.78, 5) is 12.1. The molecular formula is C18H20ClNO3. The molecule has 0 bridgehead atoms. The lowest BCUT2D eigenvalue weighted by Gasteiger charge is -2.15. The van der Waals surface area contributed by atoms with Gasteiger partial charge in [-0.25, -0.2) is 0 Å². The fourth-order valence-electron chi connectivity index (χ4n) is 2.03. The predicted molar refractivity (Wildman–Crippen MR) is 91.0 cm³/mol. The number of halogens is 1. The fourth-order valence-corrected chi connectivity index (χ4v) is 2.21. The number of carbonyl (C=O) groups is 1. The fraction of sp³-hybridized carbons (Fsp3) is 0.278. The van der Waals surface area contributed by atoms with Crippen LogP contribution in [0.15, 0.2) is 48.5 Å². The van der Waals surface area contributed by atoms with Gasteiger partial charge in [0, 0.05) is 6.54 Å². The van der Waals surface area contributed by atoms with E-state index in [0.717, 1.165) is 11.3 Å². The number of rotatable bonds is 7. The van der Waals surface area contributed by atoms with Gasteiger partial charge < -0.3 is 14.8 Å². The number of nitrogens with one attached hydrogen (secondary N) is 1. The molecule has 0 aliphatic carbocycles. The minimum Gasteiger partial charge on any atom is -0.494 e. The van der Waals surface area contributed by atoms with Crippen LogP contribution in [0.1, 0.15) is 19.4 Å². The van der Waals surface area contributed by atoms with Crippen LogP contribution in [0.25, 0.3) is 0 Å². The van der Waals surface area contributed by atoms with Crippen LogP contribution in [0.4, 0.5) is 0 Å². The first-order valence-corrected chi connectivity index (χ1v) is 7.88. The molecule has 0 aliphatic rings. The van der Waals surface area contributed by atoms with Gasteiger partial charge in [-0.3, -0.25) is 4.79 Å². The van der Waals surface area contributed by atoms with Gasteiger partial charge in [0.2, 0.25) is 0 Å². The molecule has 1 amide bonds. The second-order valence-corrected chi connectivity index (χ2v) is 5.40. The smallest absolute Gasteiger partial charge is 0.261 e. The van der Waals surface area contributed by atoms with Crippen LogP contribution in [0, 0.1) is 0 Å². The molecule has 1 N–H and O–H groups in total. The van der Waals surface area contributed by atoms with Gasteiger partial charge in [-0.1, -0.05) is 35.9 Å². The standard InChI is InChI=1S/C18H20ClNO3/c1-3-22-15-8-6-7-14(11-15)12-20-18(21)13(2)23-17-10-5-4-9-16(17)19/h4-11,13H,3,12H2,1-2H3,(H,20,21). The van der Waals surface area contributed by atoms with Gasteiger partial charge in [0.25, 0.3) is 5.91 Å². The average molecular weight is 334 g/mol. The maximum absolute atomic E-state index is 12.1. The van der Waals surface area contributed by atoms with Gasteiger partial charge in [-0.2, -0.15) is 0 Å². The van der Waals surface area contributed by atoms with Crippen molar-refractivity contribution in [2.45, 2.75) is 26.5 Å². The van der Waals surface area contributed by atoms with E-state index in [4.69, 9.17) is 21.1 Å². The van der Waals surface area contributed by atoms with Crippen molar-refractivity contribution in [3.05, 3.63) is 59.1 Å². The largest absolute Gasteiger partial charge is 0.494 e. The van der Waals surface area contributed by atoms with E-state index >= 15 is 0 Å². The quantitative estimate of drug-likeness (QED) is 0.837. The molecule has 0 fully saturated rings. The van der Waals surface area contributed by atoms with Gasteiger partial charge in [-0.15, -0.1) is 0 Å². The summed E-state index contributed by atoms with van der Waals surface area (Å²) in [6.07, 6.45) is -0.634. The van der Waals surface area contributed by atoms with Gasteiger partial charge in [-0.05, 0) is 43.7 Å². The molecule has 2 rings (SSSR count). The van der Waals surface area contributed by atoms with Gasteiger partial charge in [0.05, 0.1) is 11.6 Å². The molecule has 5 heteroatoms. The molecule has 1 atom stereocenters. The lowest BCUT2D eigenvalue weighted by atomic mass is 10.2. The monoisotopic (exact) mass is 333 g/mol. The van der Waals surface area contributed by atoms with Crippen LogP contribution < -0.4 is 14.8 Å². The Labute approximate surface area is 141 Å². The first kappa shape index (κ1) is 17.2. The average Bonchev–Trinajstić information content (AvgIpc) is 2.55. The van der Waals surface area contributed by atoms with E-state index in [1.807, 2.05) is 43.3 Å². The molecular weight excluding hydrogens is 314 g/mol. The molecule has 0 saturated heterocycles. The molecule has 23 heavy (non-hydrogen) atoms. The van der Waals surface area contributed by atoms with E-state index in [0.29, 0.717) is 23.9 Å². The normalized spacial score (nSPS) is 11.6. The molecule has 0 radical (unpaired) electrons. The Hall–Kier alpha value is -2.20. The van der Waals surface area contributed by atoms with Crippen molar-refractivity contribution in [1.82, 2.24) is 5.32 Å². The summed E-state index contributed by atoms with van der Waals surface area (Å²) in [5.74, 6) is 1.08. The number of ether oxygens (including phenoxy) is 2. The zero-order chi connectivity index (χ0) is 16.7. The Bertz CT molecular complexity index is 660. The van der Waals surface area contributed by atoms with Gasteiger partial charge in [0.1, 0.15) is 11.5 Å². The Morgan fingerprint density at radius 3 is 2.74 bits per heavy atom. The zero-order valence-corrected chi connectivity index (χ0v) is 14.0. The van der Waals surface area contributed by atoms with Crippen LogP contribution in [0.2, 0.25) is 5.02 Å². The molecule has 0 spiro atoms. The van der Waals surface area contributed by atoms with Crippen LogP contribution >= 0.6 is 11.6 Å². The third kappa shape index (κ3) is 5.18.